The summed E-state index contributed by atoms with van der Waals surface area (Å²) in [5.74, 6) is -1.55. The summed E-state index contributed by atoms with van der Waals surface area (Å²) in [7, 11) is 1.47. The van der Waals surface area contributed by atoms with E-state index in [1.54, 1.807) is 30.3 Å². The lowest BCUT2D eigenvalue weighted by Crippen LogP contribution is -2.40. The zero-order chi connectivity index (χ0) is 15.0. The fourth-order valence-electron chi connectivity index (χ4n) is 1.49. The molecule has 4 N–H and O–H groups in total. The van der Waals surface area contributed by atoms with E-state index in [1.165, 1.54) is 13.2 Å². The molecule has 0 saturated heterocycles. The van der Waals surface area contributed by atoms with Crippen molar-refractivity contribution in [2.75, 3.05) is 19.5 Å². The van der Waals surface area contributed by atoms with Gasteiger partial charge in [0, 0.05) is 31.9 Å². The first-order chi connectivity index (χ1) is 9.52. The number of carboxylic acid groups (broad SMARTS) is 1. The molecular weight excluding hydrogens is 260 g/mol. The van der Waals surface area contributed by atoms with Crippen molar-refractivity contribution in [3.63, 3.8) is 0 Å². The molecule has 0 heterocycles. The molecule has 1 atom stereocenters. The molecule has 108 valence electrons. The van der Waals surface area contributed by atoms with Gasteiger partial charge in [0.1, 0.15) is 6.04 Å². The van der Waals surface area contributed by atoms with E-state index < -0.39 is 17.9 Å². The van der Waals surface area contributed by atoms with E-state index in [9.17, 15) is 9.59 Å². The Balaban J connectivity index is 2.56. The second-order valence-corrected chi connectivity index (χ2v) is 4.18. The molecule has 20 heavy (non-hydrogen) atoms. The van der Waals surface area contributed by atoms with Crippen LogP contribution in [0, 0.1) is 0 Å². The summed E-state index contributed by atoms with van der Waals surface area (Å²) in [6.45, 7) is 0.263. The number of carbonyl (C=O) groups is 2. The lowest BCUT2D eigenvalue weighted by Gasteiger charge is -2.12. The number of methoxy groups -OCH3 is 1. The largest absolute Gasteiger partial charge is 0.480 e. The van der Waals surface area contributed by atoms with E-state index in [4.69, 9.17) is 15.6 Å². The average Bonchev–Trinajstić information content (AvgIpc) is 2.42. The van der Waals surface area contributed by atoms with Gasteiger partial charge in [-0.3, -0.25) is 4.79 Å². The van der Waals surface area contributed by atoms with Crippen molar-refractivity contribution in [2.24, 2.45) is 0 Å². The summed E-state index contributed by atoms with van der Waals surface area (Å²) in [6, 6.07) is 6.00. The number of hydrogen-bond donors (Lipinski definition) is 3. The standard InChI is InChI=1S/C14H18N2O4/c1-20-9-8-12(14(18)19)16-13(17)7-4-10-2-5-11(15)6-3-10/h2-7,12H,8-9,15H2,1H3,(H,16,17)(H,18,19)/b7-4+. The number of nitrogens with two attached hydrogens (primary N) is 1. The Hall–Kier alpha value is -2.34. The Labute approximate surface area is 117 Å². The molecule has 1 aromatic rings. The van der Waals surface area contributed by atoms with Crippen LogP contribution in [0.3, 0.4) is 0 Å². The van der Waals surface area contributed by atoms with Gasteiger partial charge in [-0.1, -0.05) is 12.1 Å². The number of amides is 1. The third kappa shape index (κ3) is 5.53. The second-order valence-electron chi connectivity index (χ2n) is 4.18. The number of anilines is 1. The fraction of sp³-hybridized carbons (Fsp3) is 0.286. The predicted octanol–water partition coefficient (Wildman–Crippen LogP) is 0.888. The van der Waals surface area contributed by atoms with Gasteiger partial charge in [0.2, 0.25) is 5.91 Å². The van der Waals surface area contributed by atoms with Crippen molar-refractivity contribution in [3.05, 3.63) is 35.9 Å². The Bertz CT molecular complexity index is 482. The van der Waals surface area contributed by atoms with Crippen LogP contribution in [-0.4, -0.2) is 36.7 Å². The first-order valence-electron chi connectivity index (χ1n) is 6.09. The van der Waals surface area contributed by atoms with E-state index in [1.807, 2.05) is 0 Å². The topological polar surface area (TPSA) is 102 Å². The van der Waals surface area contributed by atoms with E-state index in [-0.39, 0.29) is 13.0 Å². The van der Waals surface area contributed by atoms with E-state index in [2.05, 4.69) is 5.32 Å². The number of nitrogen functional groups attached to an aromatic ring is 1. The number of benzene rings is 1. The highest BCUT2D eigenvalue weighted by Gasteiger charge is 2.18. The van der Waals surface area contributed by atoms with Crippen LogP contribution in [-0.2, 0) is 14.3 Å². The Morgan fingerprint density at radius 1 is 1.40 bits per heavy atom. The first kappa shape index (κ1) is 15.7. The molecule has 6 nitrogen and oxygen atoms in total. The minimum absolute atomic E-state index is 0.216. The monoisotopic (exact) mass is 278 g/mol. The van der Waals surface area contributed by atoms with E-state index in [0.29, 0.717) is 5.69 Å². The molecule has 0 spiro atoms. The summed E-state index contributed by atoms with van der Waals surface area (Å²) in [5, 5.41) is 11.4. The van der Waals surface area contributed by atoms with Gasteiger partial charge < -0.3 is 20.9 Å². The van der Waals surface area contributed by atoms with Crippen molar-refractivity contribution in [3.8, 4) is 0 Å². The Morgan fingerprint density at radius 2 is 2.05 bits per heavy atom. The van der Waals surface area contributed by atoms with Gasteiger partial charge >= 0.3 is 5.97 Å². The van der Waals surface area contributed by atoms with Crippen LogP contribution in [0.5, 0.6) is 0 Å². The van der Waals surface area contributed by atoms with Crippen molar-refractivity contribution in [2.45, 2.75) is 12.5 Å². The Morgan fingerprint density at radius 3 is 2.60 bits per heavy atom. The highest BCUT2D eigenvalue weighted by Crippen LogP contribution is 2.06. The number of aliphatic carboxylic acids is 1. The van der Waals surface area contributed by atoms with Crippen LogP contribution in [0.15, 0.2) is 30.3 Å². The summed E-state index contributed by atoms with van der Waals surface area (Å²) in [5.41, 5.74) is 6.99. The maximum atomic E-state index is 11.6. The van der Waals surface area contributed by atoms with Gasteiger partial charge in [0.05, 0.1) is 0 Å². The zero-order valence-corrected chi connectivity index (χ0v) is 11.2. The quantitative estimate of drug-likeness (QED) is 0.508. The summed E-state index contributed by atoms with van der Waals surface area (Å²) < 4.78 is 4.80. The number of rotatable bonds is 7. The normalized spacial score (nSPS) is 12.2. The van der Waals surface area contributed by atoms with Gasteiger partial charge in [-0.05, 0) is 23.8 Å². The van der Waals surface area contributed by atoms with Gasteiger partial charge in [-0.2, -0.15) is 0 Å². The molecule has 0 aliphatic carbocycles. The average molecular weight is 278 g/mol. The van der Waals surface area contributed by atoms with Crippen molar-refractivity contribution in [1.29, 1.82) is 0 Å². The SMILES string of the molecule is COCCC(NC(=O)/C=C/c1ccc(N)cc1)C(=O)O. The number of ether oxygens (including phenoxy) is 1. The third-order valence-corrected chi connectivity index (χ3v) is 2.59. The molecule has 1 unspecified atom stereocenters. The lowest BCUT2D eigenvalue weighted by molar-refractivity contribution is -0.141. The molecule has 0 radical (unpaired) electrons. The molecule has 1 rings (SSSR count). The minimum Gasteiger partial charge on any atom is -0.480 e. The molecule has 0 aromatic heterocycles. The van der Waals surface area contributed by atoms with Gasteiger partial charge in [0.25, 0.3) is 0 Å². The second kappa shape index (κ2) is 7.96. The molecule has 1 aromatic carbocycles. The van der Waals surface area contributed by atoms with Gasteiger partial charge in [-0.25, -0.2) is 4.79 Å². The number of carbonyl (C=O) groups excluding carboxylic acids is 1. The summed E-state index contributed by atoms with van der Waals surface area (Å²) in [6.07, 6.45) is 3.09. The molecule has 0 aliphatic heterocycles. The molecule has 6 heteroatoms. The van der Waals surface area contributed by atoms with Gasteiger partial charge in [-0.15, -0.1) is 0 Å². The molecular formula is C14H18N2O4. The maximum absolute atomic E-state index is 11.6. The molecule has 0 aliphatic rings. The van der Waals surface area contributed by atoms with Crippen LogP contribution >= 0.6 is 0 Å². The highest BCUT2D eigenvalue weighted by molar-refractivity contribution is 5.94. The van der Waals surface area contributed by atoms with Crippen LogP contribution in [0.25, 0.3) is 6.08 Å². The van der Waals surface area contributed by atoms with Crippen molar-refractivity contribution >= 4 is 23.6 Å². The number of hydrogen-bond acceptors (Lipinski definition) is 4. The third-order valence-electron chi connectivity index (χ3n) is 2.59. The molecule has 0 fully saturated rings. The minimum atomic E-state index is -1.09. The molecule has 0 saturated carbocycles. The van der Waals surface area contributed by atoms with Crippen LogP contribution in [0.2, 0.25) is 0 Å². The number of nitrogens with one attached hydrogen (secondary N) is 1. The van der Waals surface area contributed by atoms with Crippen molar-refractivity contribution < 1.29 is 19.4 Å². The molecule has 1 amide bonds. The zero-order valence-electron chi connectivity index (χ0n) is 11.2. The van der Waals surface area contributed by atoms with E-state index in [0.717, 1.165) is 5.56 Å². The lowest BCUT2D eigenvalue weighted by atomic mass is 10.2. The van der Waals surface area contributed by atoms with Gasteiger partial charge in [0.15, 0.2) is 0 Å². The highest BCUT2D eigenvalue weighted by atomic mass is 16.5. The van der Waals surface area contributed by atoms with Crippen LogP contribution < -0.4 is 11.1 Å². The smallest absolute Gasteiger partial charge is 0.326 e. The van der Waals surface area contributed by atoms with Crippen LogP contribution in [0.1, 0.15) is 12.0 Å². The molecule has 0 bridgehead atoms. The summed E-state index contributed by atoms with van der Waals surface area (Å²) >= 11 is 0. The Kier molecular flexibility index (Phi) is 6.25. The number of carboxylic acids is 1. The first-order valence-corrected chi connectivity index (χ1v) is 6.09. The fourth-order valence-corrected chi connectivity index (χ4v) is 1.49. The van der Waals surface area contributed by atoms with Crippen LogP contribution in [0.4, 0.5) is 5.69 Å². The predicted molar refractivity (Wildman–Crippen MR) is 75.9 cm³/mol. The summed E-state index contributed by atoms with van der Waals surface area (Å²) in [4.78, 5) is 22.6. The van der Waals surface area contributed by atoms with Crippen molar-refractivity contribution in [1.82, 2.24) is 5.32 Å². The maximum Gasteiger partial charge on any atom is 0.326 e. The van der Waals surface area contributed by atoms with E-state index >= 15 is 0 Å².